The highest BCUT2D eigenvalue weighted by Gasteiger charge is 2.36. The number of hydrogen-bond donors (Lipinski definition) is 2. The van der Waals surface area contributed by atoms with Crippen LogP contribution >= 0.6 is 11.3 Å². The maximum Gasteiger partial charge on any atom is 0.240 e. The van der Waals surface area contributed by atoms with Gasteiger partial charge in [-0.3, -0.25) is 5.43 Å². The summed E-state index contributed by atoms with van der Waals surface area (Å²) < 4.78 is 0. The SMILES string of the molecule is Cc1cc2c(N3CCCC4CCCC43)nc(NN)nc2s1. The molecule has 1 aliphatic carbocycles. The molecule has 21 heavy (non-hydrogen) atoms. The summed E-state index contributed by atoms with van der Waals surface area (Å²) in [5.41, 5.74) is 2.63. The van der Waals surface area contributed by atoms with Crippen LogP contribution in [0.5, 0.6) is 0 Å². The Kier molecular flexibility index (Phi) is 3.23. The van der Waals surface area contributed by atoms with Crippen LogP contribution < -0.4 is 16.2 Å². The highest BCUT2D eigenvalue weighted by molar-refractivity contribution is 7.18. The molecular formula is C15H21N5S. The van der Waals surface area contributed by atoms with E-state index < -0.39 is 0 Å². The van der Waals surface area contributed by atoms with Crippen LogP contribution in [0.4, 0.5) is 11.8 Å². The predicted octanol–water partition coefficient (Wildman–Crippen LogP) is 3.05. The fourth-order valence-corrected chi connectivity index (χ4v) is 4.90. The van der Waals surface area contributed by atoms with Crippen molar-refractivity contribution in [2.24, 2.45) is 11.8 Å². The second-order valence-corrected chi connectivity index (χ2v) is 7.42. The molecular weight excluding hydrogens is 282 g/mol. The van der Waals surface area contributed by atoms with E-state index >= 15 is 0 Å². The van der Waals surface area contributed by atoms with Crippen molar-refractivity contribution in [2.75, 3.05) is 16.9 Å². The van der Waals surface area contributed by atoms with Gasteiger partial charge in [-0.05, 0) is 44.6 Å². The lowest BCUT2D eigenvalue weighted by atomic mass is 9.92. The zero-order valence-corrected chi connectivity index (χ0v) is 13.1. The third kappa shape index (κ3) is 2.17. The number of nitrogens with two attached hydrogens (primary N) is 1. The minimum Gasteiger partial charge on any atom is -0.353 e. The molecule has 2 aromatic rings. The Balaban J connectivity index is 1.84. The van der Waals surface area contributed by atoms with Gasteiger partial charge >= 0.3 is 0 Å². The molecule has 0 bridgehead atoms. The Morgan fingerprint density at radius 1 is 1.29 bits per heavy atom. The molecule has 1 aliphatic heterocycles. The molecule has 0 spiro atoms. The number of hydrazine groups is 1. The summed E-state index contributed by atoms with van der Waals surface area (Å²) in [6.45, 7) is 3.23. The summed E-state index contributed by atoms with van der Waals surface area (Å²) in [5, 5.41) is 1.18. The van der Waals surface area contributed by atoms with Crippen LogP contribution in [0.2, 0.25) is 0 Å². The molecule has 112 valence electrons. The lowest BCUT2D eigenvalue weighted by Crippen LogP contribution is -2.43. The van der Waals surface area contributed by atoms with E-state index in [1.165, 1.54) is 42.4 Å². The fourth-order valence-electron chi connectivity index (χ4n) is 4.03. The summed E-state index contributed by atoms with van der Waals surface area (Å²) in [6.07, 6.45) is 6.66. The van der Waals surface area contributed by atoms with Crippen LogP contribution in [-0.2, 0) is 0 Å². The zero-order chi connectivity index (χ0) is 14.4. The topological polar surface area (TPSA) is 67.1 Å². The van der Waals surface area contributed by atoms with Gasteiger partial charge < -0.3 is 4.90 Å². The van der Waals surface area contributed by atoms with Crippen molar-refractivity contribution in [1.29, 1.82) is 0 Å². The summed E-state index contributed by atoms with van der Waals surface area (Å²) in [6, 6.07) is 2.87. The predicted molar refractivity (Wildman–Crippen MR) is 87.7 cm³/mol. The Hall–Kier alpha value is -1.40. The molecule has 3 heterocycles. The largest absolute Gasteiger partial charge is 0.353 e. The number of nitrogens with one attached hydrogen (secondary N) is 1. The highest BCUT2D eigenvalue weighted by Crippen LogP contribution is 2.41. The van der Waals surface area contributed by atoms with Crippen LogP contribution in [0.25, 0.3) is 10.2 Å². The van der Waals surface area contributed by atoms with Gasteiger partial charge in [-0.2, -0.15) is 4.98 Å². The Morgan fingerprint density at radius 2 is 2.14 bits per heavy atom. The van der Waals surface area contributed by atoms with Gasteiger partial charge in [-0.25, -0.2) is 10.8 Å². The number of anilines is 2. The molecule has 2 fully saturated rings. The van der Waals surface area contributed by atoms with Crippen molar-refractivity contribution >= 4 is 33.3 Å². The standard InChI is InChI=1S/C15H21N5S/c1-9-8-11-13(17-15(19-16)18-14(11)21-9)20-7-3-5-10-4-2-6-12(10)20/h8,10,12H,2-7,16H2,1H3,(H,17,18,19). The van der Waals surface area contributed by atoms with Gasteiger partial charge in [0.15, 0.2) is 0 Å². The van der Waals surface area contributed by atoms with E-state index in [2.05, 4.69) is 28.3 Å². The molecule has 2 aromatic heterocycles. The monoisotopic (exact) mass is 303 g/mol. The first-order valence-electron chi connectivity index (χ1n) is 7.77. The van der Waals surface area contributed by atoms with Crippen LogP contribution in [0.15, 0.2) is 6.07 Å². The summed E-state index contributed by atoms with van der Waals surface area (Å²) in [5.74, 6) is 8.01. The van der Waals surface area contributed by atoms with Gasteiger partial charge in [-0.15, -0.1) is 11.3 Å². The summed E-state index contributed by atoms with van der Waals surface area (Å²) in [7, 11) is 0. The van der Waals surface area contributed by atoms with E-state index in [9.17, 15) is 0 Å². The number of piperidine rings is 1. The van der Waals surface area contributed by atoms with Gasteiger partial charge in [0.1, 0.15) is 10.6 Å². The van der Waals surface area contributed by atoms with Crippen molar-refractivity contribution in [2.45, 2.75) is 45.1 Å². The molecule has 0 radical (unpaired) electrons. The Bertz CT molecular complexity index is 667. The number of thiophene rings is 1. The zero-order valence-electron chi connectivity index (χ0n) is 12.3. The quantitative estimate of drug-likeness (QED) is 0.659. The van der Waals surface area contributed by atoms with Gasteiger partial charge in [0.25, 0.3) is 0 Å². The highest BCUT2D eigenvalue weighted by atomic mass is 32.1. The summed E-state index contributed by atoms with van der Waals surface area (Å²) >= 11 is 1.71. The number of fused-ring (bicyclic) bond motifs is 2. The molecule has 2 aliphatic rings. The van der Waals surface area contributed by atoms with Crippen molar-refractivity contribution in [3.05, 3.63) is 10.9 Å². The van der Waals surface area contributed by atoms with Gasteiger partial charge in [0, 0.05) is 17.5 Å². The first-order chi connectivity index (χ1) is 10.3. The smallest absolute Gasteiger partial charge is 0.240 e. The normalized spacial score (nSPS) is 25.3. The third-order valence-electron chi connectivity index (χ3n) is 4.89. The minimum absolute atomic E-state index is 0.527. The number of rotatable bonds is 2. The lowest BCUT2D eigenvalue weighted by molar-refractivity contribution is 0.361. The van der Waals surface area contributed by atoms with E-state index in [0.717, 1.165) is 23.1 Å². The summed E-state index contributed by atoms with van der Waals surface area (Å²) in [4.78, 5) is 14.0. The van der Waals surface area contributed by atoms with Crippen LogP contribution in [0.1, 0.15) is 37.0 Å². The van der Waals surface area contributed by atoms with Crippen molar-refractivity contribution in [1.82, 2.24) is 9.97 Å². The number of aromatic nitrogens is 2. The lowest BCUT2D eigenvalue weighted by Gasteiger charge is -2.39. The second kappa shape index (κ2) is 5.10. The molecule has 5 nitrogen and oxygen atoms in total. The van der Waals surface area contributed by atoms with Crippen LogP contribution in [0.3, 0.4) is 0 Å². The van der Waals surface area contributed by atoms with Gasteiger partial charge in [0.2, 0.25) is 5.95 Å². The van der Waals surface area contributed by atoms with Crippen molar-refractivity contribution < 1.29 is 0 Å². The minimum atomic E-state index is 0.527. The number of nitrogen functional groups attached to an aromatic ring is 1. The Morgan fingerprint density at radius 3 is 3.00 bits per heavy atom. The van der Waals surface area contributed by atoms with Crippen LogP contribution in [0, 0.1) is 12.8 Å². The molecule has 0 aromatic carbocycles. The third-order valence-corrected chi connectivity index (χ3v) is 5.83. The van der Waals surface area contributed by atoms with Crippen molar-refractivity contribution in [3.8, 4) is 0 Å². The maximum absolute atomic E-state index is 5.56. The number of hydrogen-bond acceptors (Lipinski definition) is 6. The van der Waals surface area contributed by atoms with E-state index in [1.807, 2.05) is 0 Å². The molecule has 3 N–H and O–H groups in total. The molecule has 1 saturated carbocycles. The van der Waals surface area contributed by atoms with Crippen molar-refractivity contribution in [3.63, 3.8) is 0 Å². The average molecular weight is 303 g/mol. The van der Waals surface area contributed by atoms with Gasteiger partial charge in [-0.1, -0.05) is 6.42 Å². The number of aryl methyl sites for hydroxylation is 1. The first-order valence-corrected chi connectivity index (χ1v) is 8.59. The number of nitrogens with zero attached hydrogens (tertiary/aromatic N) is 3. The molecule has 2 unspecified atom stereocenters. The molecule has 6 heteroatoms. The van der Waals surface area contributed by atoms with E-state index in [0.29, 0.717) is 12.0 Å². The second-order valence-electron chi connectivity index (χ2n) is 6.18. The van der Waals surface area contributed by atoms with E-state index in [1.54, 1.807) is 11.3 Å². The first kappa shape index (κ1) is 13.3. The average Bonchev–Trinajstić information content (AvgIpc) is 3.10. The molecule has 2 atom stereocenters. The maximum atomic E-state index is 5.56. The molecule has 0 amide bonds. The Labute approximate surface area is 128 Å². The van der Waals surface area contributed by atoms with E-state index in [-0.39, 0.29) is 0 Å². The van der Waals surface area contributed by atoms with Crippen LogP contribution in [-0.4, -0.2) is 22.6 Å². The van der Waals surface area contributed by atoms with Gasteiger partial charge in [0.05, 0.1) is 5.39 Å². The fraction of sp³-hybridized carbons (Fsp3) is 0.600. The molecule has 4 rings (SSSR count). The molecule has 1 saturated heterocycles. The van der Waals surface area contributed by atoms with E-state index in [4.69, 9.17) is 10.8 Å².